The highest BCUT2D eigenvalue weighted by Crippen LogP contribution is 2.21. The Labute approximate surface area is 104 Å². The lowest BCUT2D eigenvalue weighted by molar-refractivity contribution is -0.141. The van der Waals surface area contributed by atoms with Crippen molar-refractivity contribution >= 4 is 5.91 Å². The Bertz CT molecular complexity index is 264. The number of nitrogens with one attached hydrogen (secondary N) is 1. The zero-order valence-electron chi connectivity index (χ0n) is 10.9. The van der Waals surface area contributed by atoms with Crippen LogP contribution in [0, 0.1) is 11.8 Å². The van der Waals surface area contributed by atoms with Gasteiger partial charge in [-0.15, -0.1) is 0 Å². The minimum atomic E-state index is 0.164. The Morgan fingerprint density at radius 2 is 2.29 bits per heavy atom. The molecule has 0 aromatic heterocycles. The van der Waals surface area contributed by atoms with Crippen molar-refractivity contribution in [1.82, 2.24) is 10.2 Å². The second kappa shape index (κ2) is 5.83. The molecule has 2 atom stereocenters. The highest BCUT2D eigenvalue weighted by atomic mass is 16.5. The smallest absolute Gasteiger partial charge is 0.225 e. The second-order valence-corrected chi connectivity index (χ2v) is 5.21. The van der Waals surface area contributed by atoms with Crippen LogP contribution >= 0.6 is 0 Å². The third kappa shape index (κ3) is 2.99. The highest BCUT2D eigenvalue weighted by Gasteiger charge is 2.33. The molecule has 2 rings (SSSR count). The quantitative estimate of drug-likeness (QED) is 0.793. The summed E-state index contributed by atoms with van der Waals surface area (Å²) in [5.74, 6) is 1.02. The number of hydrogen-bond donors (Lipinski definition) is 1. The Hall–Kier alpha value is -0.610. The lowest BCUT2D eigenvalue weighted by atomic mass is 9.87. The number of nitrogens with zero attached hydrogens (tertiary/aromatic N) is 1. The molecule has 17 heavy (non-hydrogen) atoms. The van der Waals surface area contributed by atoms with E-state index in [-0.39, 0.29) is 12.0 Å². The van der Waals surface area contributed by atoms with Gasteiger partial charge in [0.25, 0.3) is 0 Å². The van der Waals surface area contributed by atoms with Crippen LogP contribution in [0.5, 0.6) is 0 Å². The van der Waals surface area contributed by atoms with E-state index in [1.807, 2.05) is 11.8 Å². The van der Waals surface area contributed by atoms with Gasteiger partial charge in [0.2, 0.25) is 5.91 Å². The molecule has 98 valence electrons. The summed E-state index contributed by atoms with van der Waals surface area (Å²) in [6.45, 7) is 8.52. The van der Waals surface area contributed by atoms with E-state index < -0.39 is 0 Å². The molecule has 0 aromatic carbocycles. The van der Waals surface area contributed by atoms with Crippen LogP contribution in [0.4, 0.5) is 0 Å². The van der Waals surface area contributed by atoms with E-state index in [0.29, 0.717) is 11.8 Å². The molecule has 0 spiro atoms. The van der Waals surface area contributed by atoms with Crippen LogP contribution in [0.3, 0.4) is 0 Å². The molecular formula is C13H24N2O2. The van der Waals surface area contributed by atoms with Gasteiger partial charge in [0, 0.05) is 25.6 Å². The van der Waals surface area contributed by atoms with Gasteiger partial charge in [0.05, 0.1) is 6.10 Å². The van der Waals surface area contributed by atoms with Gasteiger partial charge >= 0.3 is 0 Å². The second-order valence-electron chi connectivity index (χ2n) is 5.21. The van der Waals surface area contributed by atoms with Gasteiger partial charge in [-0.3, -0.25) is 4.79 Å². The largest absolute Gasteiger partial charge is 0.377 e. The SMILES string of the molecule is CCOC1CCCN(C(=O)C(C)C2CNC2)C1. The maximum Gasteiger partial charge on any atom is 0.225 e. The molecule has 2 heterocycles. The number of likely N-dealkylation sites (tertiary alicyclic amines) is 1. The highest BCUT2D eigenvalue weighted by molar-refractivity contribution is 5.79. The average Bonchev–Trinajstić information content (AvgIpc) is 2.26. The Morgan fingerprint density at radius 3 is 2.88 bits per heavy atom. The minimum Gasteiger partial charge on any atom is -0.377 e. The molecule has 1 N–H and O–H groups in total. The molecule has 0 aromatic rings. The molecule has 2 unspecified atom stereocenters. The first-order valence-corrected chi connectivity index (χ1v) is 6.83. The van der Waals surface area contributed by atoms with E-state index in [1.165, 1.54) is 0 Å². The van der Waals surface area contributed by atoms with Gasteiger partial charge in [-0.05, 0) is 38.8 Å². The average molecular weight is 240 g/mol. The fourth-order valence-corrected chi connectivity index (χ4v) is 2.66. The van der Waals surface area contributed by atoms with E-state index in [4.69, 9.17) is 4.74 Å². The molecule has 0 bridgehead atoms. The molecule has 2 aliphatic heterocycles. The summed E-state index contributed by atoms with van der Waals surface area (Å²) in [5.41, 5.74) is 0. The van der Waals surface area contributed by atoms with E-state index in [1.54, 1.807) is 0 Å². The summed E-state index contributed by atoms with van der Waals surface area (Å²) in [6.07, 6.45) is 2.42. The van der Waals surface area contributed by atoms with Crippen molar-refractivity contribution in [1.29, 1.82) is 0 Å². The lowest BCUT2D eigenvalue weighted by Gasteiger charge is -2.38. The van der Waals surface area contributed by atoms with Crippen molar-refractivity contribution in [3.63, 3.8) is 0 Å². The van der Waals surface area contributed by atoms with Crippen molar-refractivity contribution in [3.8, 4) is 0 Å². The summed E-state index contributed by atoms with van der Waals surface area (Å²) in [5, 5.41) is 3.23. The normalized spacial score (nSPS) is 27.6. The van der Waals surface area contributed by atoms with Crippen LogP contribution in [0.1, 0.15) is 26.7 Å². The Morgan fingerprint density at radius 1 is 1.53 bits per heavy atom. The van der Waals surface area contributed by atoms with Crippen molar-refractivity contribution in [2.24, 2.45) is 11.8 Å². The van der Waals surface area contributed by atoms with Crippen molar-refractivity contribution in [2.45, 2.75) is 32.8 Å². The predicted octanol–water partition coefficient (Wildman–Crippen LogP) is 0.869. The minimum absolute atomic E-state index is 0.164. The van der Waals surface area contributed by atoms with E-state index >= 15 is 0 Å². The van der Waals surface area contributed by atoms with Crippen molar-refractivity contribution < 1.29 is 9.53 Å². The molecule has 4 heteroatoms. The van der Waals surface area contributed by atoms with Crippen molar-refractivity contribution in [2.75, 3.05) is 32.8 Å². The molecule has 0 saturated carbocycles. The zero-order chi connectivity index (χ0) is 12.3. The number of amides is 1. The first kappa shape index (κ1) is 12.8. The molecule has 2 saturated heterocycles. The molecule has 0 aliphatic carbocycles. The molecule has 2 aliphatic rings. The molecule has 4 nitrogen and oxygen atoms in total. The maximum absolute atomic E-state index is 12.3. The third-order valence-corrected chi connectivity index (χ3v) is 4.00. The lowest BCUT2D eigenvalue weighted by Crippen LogP contribution is -2.52. The van der Waals surface area contributed by atoms with Crippen LogP contribution in [0.15, 0.2) is 0 Å². The predicted molar refractivity (Wildman–Crippen MR) is 66.8 cm³/mol. The van der Waals surface area contributed by atoms with Crippen LogP contribution in [-0.4, -0.2) is 49.7 Å². The van der Waals surface area contributed by atoms with Crippen LogP contribution in [0.25, 0.3) is 0 Å². The summed E-state index contributed by atoms with van der Waals surface area (Å²) in [6, 6.07) is 0. The van der Waals surface area contributed by atoms with Crippen LogP contribution < -0.4 is 5.32 Å². The fourth-order valence-electron chi connectivity index (χ4n) is 2.66. The van der Waals surface area contributed by atoms with Crippen LogP contribution in [-0.2, 0) is 9.53 Å². The first-order valence-electron chi connectivity index (χ1n) is 6.83. The maximum atomic E-state index is 12.3. The molecule has 2 fully saturated rings. The van der Waals surface area contributed by atoms with Gasteiger partial charge in [-0.2, -0.15) is 0 Å². The van der Waals surface area contributed by atoms with Crippen LogP contribution in [0.2, 0.25) is 0 Å². The fraction of sp³-hybridized carbons (Fsp3) is 0.923. The van der Waals surface area contributed by atoms with Gasteiger partial charge in [-0.1, -0.05) is 6.92 Å². The van der Waals surface area contributed by atoms with Crippen molar-refractivity contribution in [3.05, 3.63) is 0 Å². The van der Waals surface area contributed by atoms with Gasteiger partial charge in [0.15, 0.2) is 0 Å². The Balaban J connectivity index is 1.85. The number of rotatable bonds is 4. The van der Waals surface area contributed by atoms with E-state index in [9.17, 15) is 4.79 Å². The zero-order valence-corrected chi connectivity index (χ0v) is 10.9. The molecule has 0 radical (unpaired) electrons. The summed E-state index contributed by atoms with van der Waals surface area (Å²) >= 11 is 0. The number of piperidine rings is 1. The number of carbonyl (C=O) groups excluding carboxylic acids is 1. The summed E-state index contributed by atoms with van der Waals surface area (Å²) < 4.78 is 5.64. The third-order valence-electron chi connectivity index (χ3n) is 4.00. The topological polar surface area (TPSA) is 41.6 Å². The van der Waals surface area contributed by atoms with Gasteiger partial charge in [0.1, 0.15) is 0 Å². The number of hydrogen-bond acceptors (Lipinski definition) is 3. The van der Waals surface area contributed by atoms with Gasteiger partial charge in [-0.25, -0.2) is 0 Å². The van der Waals surface area contributed by atoms with E-state index in [2.05, 4.69) is 12.2 Å². The summed E-state index contributed by atoms with van der Waals surface area (Å²) in [4.78, 5) is 14.3. The van der Waals surface area contributed by atoms with Gasteiger partial charge < -0.3 is 15.0 Å². The number of ether oxygens (including phenoxy) is 1. The molecule has 1 amide bonds. The Kier molecular flexibility index (Phi) is 4.40. The first-order chi connectivity index (χ1) is 8.22. The monoisotopic (exact) mass is 240 g/mol. The standard InChI is InChI=1S/C13H24N2O2/c1-3-17-12-5-4-6-15(9-12)13(16)10(2)11-7-14-8-11/h10-12,14H,3-9H2,1-2H3. The summed E-state index contributed by atoms with van der Waals surface area (Å²) in [7, 11) is 0. The molecular weight excluding hydrogens is 216 g/mol. The number of carbonyl (C=O) groups is 1. The van der Waals surface area contributed by atoms with E-state index in [0.717, 1.165) is 45.6 Å².